The number of nitrogens with one attached hydrogen (secondary N) is 2. The summed E-state index contributed by atoms with van der Waals surface area (Å²) in [5, 5.41) is 5.43. The van der Waals surface area contributed by atoms with E-state index in [2.05, 4.69) is 31.4 Å². The van der Waals surface area contributed by atoms with E-state index in [4.69, 9.17) is 9.47 Å². The second kappa shape index (κ2) is 10.6. The van der Waals surface area contributed by atoms with Crippen molar-refractivity contribution in [2.75, 3.05) is 19.8 Å². The van der Waals surface area contributed by atoms with Gasteiger partial charge in [-0.2, -0.15) is 0 Å². The summed E-state index contributed by atoms with van der Waals surface area (Å²) in [5.74, 6) is -1.55. The van der Waals surface area contributed by atoms with Crippen molar-refractivity contribution < 1.29 is 23.9 Å². The van der Waals surface area contributed by atoms with E-state index >= 15 is 0 Å². The van der Waals surface area contributed by atoms with Gasteiger partial charge in [-0.15, -0.1) is 0 Å². The highest BCUT2D eigenvalue weighted by Crippen LogP contribution is 2.22. The van der Waals surface area contributed by atoms with Crippen LogP contribution in [0.15, 0.2) is 24.3 Å². The Labute approximate surface area is 178 Å². The van der Waals surface area contributed by atoms with Crippen molar-refractivity contribution in [3.8, 4) is 0 Å². The lowest BCUT2D eigenvalue weighted by atomic mass is 9.86. The van der Waals surface area contributed by atoms with Gasteiger partial charge in [0.25, 0.3) is 11.8 Å². The van der Waals surface area contributed by atoms with Crippen molar-refractivity contribution >= 4 is 17.8 Å². The lowest BCUT2D eigenvalue weighted by Gasteiger charge is -2.22. The normalized spacial score (nSPS) is 17.5. The molecule has 0 aliphatic carbocycles. The average molecular weight is 419 g/mol. The lowest BCUT2D eigenvalue weighted by Crippen LogP contribution is -2.46. The molecule has 1 aliphatic heterocycles. The van der Waals surface area contributed by atoms with E-state index in [0.717, 1.165) is 18.4 Å². The molecule has 7 nitrogen and oxygen atoms in total. The van der Waals surface area contributed by atoms with Gasteiger partial charge in [0, 0.05) is 18.7 Å². The largest absolute Gasteiger partial charge is 0.454 e. The van der Waals surface area contributed by atoms with Gasteiger partial charge in [0.1, 0.15) is 6.04 Å². The lowest BCUT2D eigenvalue weighted by molar-refractivity contribution is -0.151. The SMILES string of the molecule is CC(C)[C@H](NC(=O)c1ccc(C(C)(C)C)cc1)C(=O)OCC(=O)NC[C@@H]1CCCO1. The van der Waals surface area contributed by atoms with Crippen LogP contribution in [0, 0.1) is 5.92 Å². The van der Waals surface area contributed by atoms with Crippen LogP contribution in [0.25, 0.3) is 0 Å². The average Bonchev–Trinajstić information content (AvgIpc) is 3.21. The molecule has 0 bridgehead atoms. The predicted octanol–water partition coefficient (Wildman–Crippen LogP) is 2.58. The summed E-state index contributed by atoms with van der Waals surface area (Å²) in [6.45, 7) is 10.7. The van der Waals surface area contributed by atoms with Gasteiger partial charge in [-0.25, -0.2) is 4.79 Å². The number of amides is 2. The number of esters is 1. The van der Waals surface area contributed by atoms with E-state index in [-0.39, 0.29) is 35.9 Å². The Morgan fingerprint density at radius 1 is 1.17 bits per heavy atom. The summed E-state index contributed by atoms with van der Waals surface area (Å²) in [6.07, 6.45) is 1.93. The van der Waals surface area contributed by atoms with Gasteiger partial charge in [-0.1, -0.05) is 46.8 Å². The van der Waals surface area contributed by atoms with Gasteiger partial charge in [-0.3, -0.25) is 9.59 Å². The number of carbonyl (C=O) groups is 3. The van der Waals surface area contributed by atoms with Gasteiger partial charge >= 0.3 is 5.97 Å². The zero-order valence-electron chi connectivity index (χ0n) is 18.6. The molecule has 1 fully saturated rings. The molecule has 0 aromatic heterocycles. The fraction of sp³-hybridized carbons (Fsp3) is 0.609. The molecule has 1 aromatic carbocycles. The van der Waals surface area contributed by atoms with Crippen LogP contribution in [0.1, 0.15) is 63.4 Å². The first kappa shape index (κ1) is 23.9. The quantitative estimate of drug-likeness (QED) is 0.633. The first-order valence-electron chi connectivity index (χ1n) is 10.5. The molecule has 1 aromatic rings. The van der Waals surface area contributed by atoms with Crippen molar-refractivity contribution in [3.63, 3.8) is 0 Å². The molecule has 2 N–H and O–H groups in total. The summed E-state index contributed by atoms with van der Waals surface area (Å²) in [5.41, 5.74) is 1.58. The highest BCUT2D eigenvalue weighted by atomic mass is 16.5. The topological polar surface area (TPSA) is 93.7 Å². The third-order valence-corrected chi connectivity index (χ3v) is 5.12. The van der Waals surface area contributed by atoms with Crippen LogP contribution < -0.4 is 10.6 Å². The van der Waals surface area contributed by atoms with Crippen LogP contribution in [0.5, 0.6) is 0 Å². The molecular weight excluding hydrogens is 384 g/mol. The van der Waals surface area contributed by atoms with Gasteiger partial charge in [0.15, 0.2) is 6.61 Å². The third-order valence-electron chi connectivity index (χ3n) is 5.12. The maximum Gasteiger partial charge on any atom is 0.329 e. The van der Waals surface area contributed by atoms with E-state index in [9.17, 15) is 14.4 Å². The summed E-state index contributed by atoms with van der Waals surface area (Å²) in [7, 11) is 0. The number of carbonyl (C=O) groups excluding carboxylic acids is 3. The van der Waals surface area contributed by atoms with Gasteiger partial charge in [0.05, 0.1) is 6.10 Å². The van der Waals surface area contributed by atoms with Crippen molar-refractivity contribution in [3.05, 3.63) is 35.4 Å². The van der Waals surface area contributed by atoms with Gasteiger partial charge in [-0.05, 0) is 41.9 Å². The number of ether oxygens (including phenoxy) is 2. The van der Waals surface area contributed by atoms with E-state index in [1.807, 2.05) is 26.0 Å². The molecule has 7 heteroatoms. The molecule has 0 unspecified atom stereocenters. The fourth-order valence-electron chi connectivity index (χ4n) is 3.15. The second-order valence-electron chi connectivity index (χ2n) is 9.07. The molecular formula is C23H34N2O5. The number of rotatable bonds is 8. The minimum Gasteiger partial charge on any atom is -0.454 e. The van der Waals surface area contributed by atoms with Crippen LogP contribution in [-0.4, -0.2) is 49.7 Å². The predicted molar refractivity (Wildman–Crippen MR) is 114 cm³/mol. The molecule has 0 saturated carbocycles. The first-order chi connectivity index (χ1) is 14.1. The molecule has 2 amide bonds. The molecule has 1 aliphatic rings. The van der Waals surface area contributed by atoms with Crippen LogP contribution in [0.3, 0.4) is 0 Å². The summed E-state index contributed by atoms with van der Waals surface area (Å²) in [6, 6.07) is 6.48. The Hall–Kier alpha value is -2.41. The standard InChI is InChI=1S/C23H34N2O5/c1-15(2)20(22(28)30-14-19(26)24-13-18-7-6-12-29-18)25-21(27)16-8-10-17(11-9-16)23(3,4)5/h8-11,15,18,20H,6-7,12-14H2,1-5H3,(H,24,26)(H,25,27)/t18-,20-/m0/s1. The third kappa shape index (κ3) is 7.13. The number of benzene rings is 1. The second-order valence-corrected chi connectivity index (χ2v) is 9.07. The van der Waals surface area contributed by atoms with E-state index in [1.54, 1.807) is 12.1 Å². The minimum absolute atomic E-state index is 0.0102. The number of hydrogen-bond acceptors (Lipinski definition) is 5. The molecule has 1 saturated heterocycles. The Morgan fingerprint density at radius 2 is 1.83 bits per heavy atom. The first-order valence-corrected chi connectivity index (χ1v) is 10.5. The molecule has 30 heavy (non-hydrogen) atoms. The minimum atomic E-state index is -0.842. The van der Waals surface area contributed by atoms with Crippen LogP contribution in [0.4, 0.5) is 0 Å². The van der Waals surface area contributed by atoms with Crippen LogP contribution in [0.2, 0.25) is 0 Å². The molecule has 0 radical (unpaired) electrons. The van der Waals surface area contributed by atoms with Crippen molar-refractivity contribution in [1.29, 1.82) is 0 Å². The highest BCUT2D eigenvalue weighted by Gasteiger charge is 2.27. The molecule has 2 rings (SSSR count). The summed E-state index contributed by atoms with van der Waals surface area (Å²) >= 11 is 0. The van der Waals surface area contributed by atoms with E-state index in [1.165, 1.54) is 0 Å². The van der Waals surface area contributed by atoms with E-state index < -0.39 is 12.0 Å². The fourth-order valence-corrected chi connectivity index (χ4v) is 3.15. The Balaban J connectivity index is 1.87. The Kier molecular flexibility index (Phi) is 8.41. The maximum atomic E-state index is 12.6. The smallest absolute Gasteiger partial charge is 0.329 e. The van der Waals surface area contributed by atoms with Crippen molar-refractivity contribution in [1.82, 2.24) is 10.6 Å². The van der Waals surface area contributed by atoms with Crippen LogP contribution in [-0.2, 0) is 24.5 Å². The molecule has 0 spiro atoms. The van der Waals surface area contributed by atoms with Gasteiger partial charge in [0.2, 0.25) is 0 Å². The summed E-state index contributed by atoms with van der Waals surface area (Å²) in [4.78, 5) is 37.0. The van der Waals surface area contributed by atoms with Crippen LogP contribution >= 0.6 is 0 Å². The van der Waals surface area contributed by atoms with Crippen molar-refractivity contribution in [2.45, 2.75) is 65.0 Å². The zero-order chi connectivity index (χ0) is 22.3. The van der Waals surface area contributed by atoms with E-state index in [0.29, 0.717) is 18.7 Å². The molecule has 1 heterocycles. The number of hydrogen-bond donors (Lipinski definition) is 2. The highest BCUT2D eigenvalue weighted by molar-refractivity contribution is 5.97. The zero-order valence-corrected chi connectivity index (χ0v) is 18.6. The van der Waals surface area contributed by atoms with Gasteiger partial charge < -0.3 is 20.1 Å². The summed E-state index contributed by atoms with van der Waals surface area (Å²) < 4.78 is 10.6. The monoisotopic (exact) mass is 418 g/mol. The Bertz CT molecular complexity index is 731. The molecule has 2 atom stereocenters. The van der Waals surface area contributed by atoms with Crippen molar-refractivity contribution in [2.24, 2.45) is 5.92 Å². The maximum absolute atomic E-state index is 12.6. The Morgan fingerprint density at radius 3 is 2.37 bits per heavy atom. The molecule has 166 valence electrons.